The molecule has 188 valence electrons. The lowest BCUT2D eigenvalue weighted by molar-refractivity contribution is -0.161. The van der Waals surface area contributed by atoms with E-state index in [1.807, 2.05) is 30.3 Å². The number of benzene rings is 3. The zero-order valence-corrected chi connectivity index (χ0v) is 20.4. The number of fused-ring (bicyclic) bond motifs is 3. The van der Waals surface area contributed by atoms with Crippen LogP contribution in [0.3, 0.4) is 0 Å². The molecule has 0 saturated heterocycles. The standard InChI is InChI=1S/C28H28O8/c1-32-18-12-10-17(11-13-18)28-23(16-8-6-5-7-9-16)22(26(30)35-4)25(29)27(28,31)24-20(34-3)14-19(33-2)15-21(24)36-28/h5-15,22-23,25,29,31H,1-4H3/t22-,23+,25-,27+,28+/m1/s1. The zero-order chi connectivity index (χ0) is 25.7. The molecule has 1 fully saturated rings. The Kier molecular flexibility index (Phi) is 5.81. The van der Waals surface area contributed by atoms with Gasteiger partial charge in [-0.1, -0.05) is 42.5 Å². The number of hydrogen-bond donors (Lipinski definition) is 2. The molecule has 0 aromatic heterocycles. The summed E-state index contributed by atoms with van der Waals surface area (Å²) in [7, 11) is 5.79. The Balaban J connectivity index is 1.88. The number of carbonyl (C=O) groups is 1. The van der Waals surface area contributed by atoms with Crippen molar-refractivity contribution < 1.29 is 38.7 Å². The molecule has 2 aliphatic rings. The Morgan fingerprint density at radius 3 is 2.14 bits per heavy atom. The summed E-state index contributed by atoms with van der Waals surface area (Å²) in [4.78, 5) is 13.2. The van der Waals surface area contributed by atoms with E-state index in [2.05, 4.69) is 0 Å². The lowest BCUT2D eigenvalue weighted by atomic mass is 9.70. The van der Waals surface area contributed by atoms with Gasteiger partial charge in [-0.25, -0.2) is 0 Å². The van der Waals surface area contributed by atoms with E-state index in [9.17, 15) is 15.0 Å². The maximum absolute atomic E-state index is 13.2. The minimum Gasteiger partial charge on any atom is -0.497 e. The predicted molar refractivity (Wildman–Crippen MR) is 129 cm³/mol. The van der Waals surface area contributed by atoms with Crippen molar-refractivity contribution in [3.05, 3.63) is 83.4 Å². The van der Waals surface area contributed by atoms with Crippen molar-refractivity contribution in [3.63, 3.8) is 0 Å². The van der Waals surface area contributed by atoms with Gasteiger partial charge in [0, 0.05) is 18.1 Å². The Bertz CT molecular complexity index is 1270. The molecule has 0 bridgehead atoms. The van der Waals surface area contributed by atoms with Gasteiger partial charge in [0.15, 0.2) is 11.2 Å². The van der Waals surface area contributed by atoms with Crippen LogP contribution in [-0.4, -0.2) is 50.7 Å². The van der Waals surface area contributed by atoms with Crippen molar-refractivity contribution in [2.24, 2.45) is 5.92 Å². The van der Waals surface area contributed by atoms with Gasteiger partial charge in [0.2, 0.25) is 0 Å². The van der Waals surface area contributed by atoms with Crippen molar-refractivity contribution in [1.82, 2.24) is 0 Å². The van der Waals surface area contributed by atoms with Crippen LogP contribution >= 0.6 is 0 Å². The Labute approximate surface area is 209 Å². The number of rotatable bonds is 6. The van der Waals surface area contributed by atoms with Gasteiger partial charge in [-0.2, -0.15) is 0 Å². The highest BCUT2D eigenvalue weighted by atomic mass is 16.6. The van der Waals surface area contributed by atoms with Crippen molar-refractivity contribution in [2.75, 3.05) is 28.4 Å². The van der Waals surface area contributed by atoms with Gasteiger partial charge in [0.1, 0.15) is 29.1 Å². The molecule has 36 heavy (non-hydrogen) atoms. The highest BCUT2D eigenvalue weighted by Crippen LogP contribution is 2.70. The summed E-state index contributed by atoms with van der Waals surface area (Å²) in [6, 6.07) is 19.5. The largest absolute Gasteiger partial charge is 0.497 e. The number of aliphatic hydroxyl groups excluding tert-OH is 1. The van der Waals surface area contributed by atoms with E-state index >= 15 is 0 Å². The molecule has 0 radical (unpaired) electrons. The van der Waals surface area contributed by atoms with Crippen molar-refractivity contribution in [3.8, 4) is 23.0 Å². The smallest absolute Gasteiger partial charge is 0.312 e. The number of hydrogen-bond acceptors (Lipinski definition) is 8. The van der Waals surface area contributed by atoms with Gasteiger partial charge in [-0.15, -0.1) is 0 Å². The Morgan fingerprint density at radius 1 is 0.889 bits per heavy atom. The summed E-state index contributed by atoms with van der Waals surface area (Å²) in [6.45, 7) is 0. The quantitative estimate of drug-likeness (QED) is 0.506. The third-order valence-corrected chi connectivity index (χ3v) is 7.43. The maximum atomic E-state index is 13.2. The van der Waals surface area contributed by atoms with Gasteiger partial charge in [-0.05, 0) is 23.3 Å². The zero-order valence-electron chi connectivity index (χ0n) is 20.4. The number of ether oxygens (including phenoxy) is 5. The van der Waals surface area contributed by atoms with Crippen LogP contribution < -0.4 is 18.9 Å². The number of esters is 1. The molecule has 1 heterocycles. The van der Waals surface area contributed by atoms with Crippen LogP contribution in [-0.2, 0) is 20.7 Å². The lowest BCUT2D eigenvalue weighted by Gasteiger charge is -2.40. The SMILES string of the molecule is COC(=O)[C@H]1[C@@H](O)[C@@]2(O)c3c(OC)cc(OC)cc3O[C@@]2(c2ccc(OC)cc2)[C@H]1c1ccccc1. The van der Waals surface area contributed by atoms with Crippen LogP contribution in [0.2, 0.25) is 0 Å². The summed E-state index contributed by atoms with van der Waals surface area (Å²) in [6.07, 6.45) is -1.60. The van der Waals surface area contributed by atoms with E-state index in [0.29, 0.717) is 22.6 Å². The Morgan fingerprint density at radius 2 is 1.56 bits per heavy atom. The first-order valence-corrected chi connectivity index (χ1v) is 11.5. The van der Waals surface area contributed by atoms with Crippen LogP contribution in [0.25, 0.3) is 0 Å². The van der Waals surface area contributed by atoms with Crippen LogP contribution in [0.4, 0.5) is 0 Å². The van der Waals surface area contributed by atoms with E-state index in [4.69, 9.17) is 23.7 Å². The summed E-state index contributed by atoms with van der Waals surface area (Å²) in [5.74, 6) is -1.04. The third-order valence-electron chi connectivity index (χ3n) is 7.43. The van der Waals surface area contributed by atoms with Crippen molar-refractivity contribution in [1.29, 1.82) is 0 Å². The minimum absolute atomic E-state index is 0.237. The molecule has 8 heteroatoms. The monoisotopic (exact) mass is 492 g/mol. The molecule has 2 N–H and O–H groups in total. The molecular formula is C28H28O8. The van der Waals surface area contributed by atoms with E-state index in [-0.39, 0.29) is 17.1 Å². The molecule has 1 saturated carbocycles. The summed E-state index contributed by atoms with van der Waals surface area (Å²) in [5, 5.41) is 24.5. The van der Waals surface area contributed by atoms with Crippen LogP contribution in [0, 0.1) is 5.92 Å². The molecule has 5 atom stereocenters. The first-order chi connectivity index (χ1) is 17.4. The minimum atomic E-state index is -2.09. The average Bonchev–Trinajstić information content (AvgIpc) is 3.30. The van der Waals surface area contributed by atoms with Gasteiger partial charge in [-0.3, -0.25) is 4.79 Å². The molecule has 3 aromatic carbocycles. The van der Waals surface area contributed by atoms with Gasteiger partial charge < -0.3 is 33.9 Å². The van der Waals surface area contributed by atoms with E-state index < -0.39 is 35.1 Å². The first kappa shape index (κ1) is 24.0. The van der Waals surface area contributed by atoms with Crippen LogP contribution in [0.15, 0.2) is 66.7 Å². The van der Waals surface area contributed by atoms with E-state index in [1.165, 1.54) is 21.3 Å². The van der Waals surface area contributed by atoms with Gasteiger partial charge >= 0.3 is 5.97 Å². The third kappa shape index (κ3) is 3.04. The van der Waals surface area contributed by atoms with Gasteiger partial charge in [0.25, 0.3) is 0 Å². The summed E-state index contributed by atoms with van der Waals surface area (Å²) >= 11 is 0. The first-order valence-electron chi connectivity index (χ1n) is 11.5. The second-order valence-corrected chi connectivity index (χ2v) is 8.92. The molecule has 5 rings (SSSR count). The summed E-state index contributed by atoms with van der Waals surface area (Å²) < 4.78 is 28.2. The average molecular weight is 493 g/mol. The molecule has 8 nitrogen and oxygen atoms in total. The number of aliphatic hydroxyl groups is 2. The molecule has 1 aliphatic carbocycles. The number of methoxy groups -OCH3 is 4. The van der Waals surface area contributed by atoms with Crippen molar-refractivity contribution >= 4 is 5.97 Å². The van der Waals surface area contributed by atoms with E-state index in [1.54, 1.807) is 43.5 Å². The predicted octanol–water partition coefficient (Wildman–Crippen LogP) is 3.14. The second-order valence-electron chi connectivity index (χ2n) is 8.92. The van der Waals surface area contributed by atoms with Crippen molar-refractivity contribution in [2.45, 2.75) is 23.2 Å². The fourth-order valence-corrected chi connectivity index (χ4v) is 5.90. The van der Waals surface area contributed by atoms with E-state index in [0.717, 1.165) is 0 Å². The molecule has 0 unspecified atom stereocenters. The second kappa shape index (κ2) is 8.72. The van der Waals surface area contributed by atoms with Crippen LogP contribution in [0.1, 0.15) is 22.6 Å². The fourth-order valence-electron chi connectivity index (χ4n) is 5.90. The molecular weight excluding hydrogens is 464 g/mol. The van der Waals surface area contributed by atoms with Gasteiger partial charge in [0.05, 0.1) is 39.9 Å². The maximum Gasteiger partial charge on any atom is 0.312 e. The summed E-state index contributed by atoms with van der Waals surface area (Å²) in [5.41, 5.74) is -2.24. The normalized spacial score (nSPS) is 28.0. The Hall–Kier alpha value is -3.75. The molecule has 0 spiro atoms. The lowest BCUT2D eigenvalue weighted by Crippen LogP contribution is -2.52. The fraction of sp³-hybridized carbons (Fsp3) is 0.321. The molecule has 3 aromatic rings. The highest BCUT2D eigenvalue weighted by Gasteiger charge is 2.78. The van der Waals surface area contributed by atoms with Crippen LogP contribution in [0.5, 0.6) is 23.0 Å². The molecule has 1 aliphatic heterocycles. The number of carbonyl (C=O) groups excluding carboxylic acids is 1. The highest BCUT2D eigenvalue weighted by molar-refractivity contribution is 5.78. The molecule has 0 amide bonds. The topological polar surface area (TPSA) is 104 Å².